The second kappa shape index (κ2) is 7.98. The van der Waals surface area contributed by atoms with Gasteiger partial charge < -0.3 is 10.4 Å². The number of hydrogen-bond donors (Lipinski definition) is 2. The summed E-state index contributed by atoms with van der Waals surface area (Å²) >= 11 is 1.27. The van der Waals surface area contributed by atoms with Crippen molar-refractivity contribution in [2.75, 3.05) is 11.1 Å². The molecule has 2 aromatic rings. The van der Waals surface area contributed by atoms with Crippen LogP contribution in [0.5, 0.6) is 0 Å². The summed E-state index contributed by atoms with van der Waals surface area (Å²) in [7, 11) is 1.51. The van der Waals surface area contributed by atoms with Crippen LogP contribution in [0.2, 0.25) is 0 Å². The molecule has 1 heterocycles. The predicted molar refractivity (Wildman–Crippen MR) is 97.1 cm³/mol. The molecule has 0 unspecified atom stereocenters. The van der Waals surface area contributed by atoms with E-state index in [4.69, 9.17) is 5.11 Å². The molecule has 2 rings (SSSR count). The number of thioether (sulfide) groups is 1. The number of aryl methyl sites for hydroxylation is 2. The molecule has 2 N–H and O–H groups in total. The second-order valence-electron chi connectivity index (χ2n) is 5.56. The van der Waals surface area contributed by atoms with Crippen LogP contribution in [-0.4, -0.2) is 32.5 Å². The number of hydrogen-bond acceptors (Lipinski definition) is 5. The van der Waals surface area contributed by atoms with Gasteiger partial charge in [0.05, 0.1) is 11.4 Å². The molecule has 1 aromatic heterocycles. The van der Waals surface area contributed by atoms with Crippen LogP contribution in [0.4, 0.5) is 5.69 Å². The number of aromatic nitrogens is 2. The third-order valence-corrected chi connectivity index (χ3v) is 4.62. The Morgan fingerprint density at radius 1 is 1.32 bits per heavy atom. The lowest BCUT2D eigenvalue weighted by Gasteiger charge is -2.11. The third kappa shape index (κ3) is 4.69. The number of rotatable bonds is 6. The summed E-state index contributed by atoms with van der Waals surface area (Å²) in [5.74, 6) is -0.819. The molecule has 1 amide bonds. The fourth-order valence-electron chi connectivity index (χ4n) is 2.30. The Morgan fingerprint density at radius 2 is 2.04 bits per heavy atom. The Kier molecular flexibility index (Phi) is 5.97. The van der Waals surface area contributed by atoms with Gasteiger partial charge in [-0.1, -0.05) is 12.1 Å². The molecule has 1 aromatic carbocycles. The van der Waals surface area contributed by atoms with Gasteiger partial charge in [0.2, 0.25) is 0 Å². The molecular formula is C17H19N3O4S. The van der Waals surface area contributed by atoms with Crippen LogP contribution in [0.25, 0.3) is 0 Å². The maximum absolute atomic E-state index is 12.5. The normalized spacial score (nSPS) is 10.5. The number of nitrogens with one attached hydrogen (secondary N) is 1. The Morgan fingerprint density at radius 3 is 2.72 bits per heavy atom. The van der Waals surface area contributed by atoms with Gasteiger partial charge in [-0.3, -0.25) is 14.4 Å². The lowest BCUT2D eigenvalue weighted by molar-refractivity contribution is -0.133. The largest absolute Gasteiger partial charge is 0.481 e. The molecule has 0 aliphatic heterocycles. The van der Waals surface area contributed by atoms with Crippen LogP contribution >= 0.6 is 11.8 Å². The first-order valence-corrected chi connectivity index (χ1v) is 8.69. The average molecular weight is 361 g/mol. The van der Waals surface area contributed by atoms with Gasteiger partial charge in [-0.25, -0.2) is 4.68 Å². The number of aliphatic carboxylic acids is 1. The Hall–Kier alpha value is -2.61. The molecule has 0 saturated carbocycles. The first-order valence-electron chi connectivity index (χ1n) is 7.54. The highest BCUT2D eigenvalue weighted by Crippen LogP contribution is 2.17. The van der Waals surface area contributed by atoms with Crippen LogP contribution < -0.4 is 10.9 Å². The van der Waals surface area contributed by atoms with E-state index in [1.807, 2.05) is 6.07 Å². The average Bonchev–Trinajstić information content (AvgIpc) is 2.53. The van der Waals surface area contributed by atoms with Crippen molar-refractivity contribution in [2.24, 2.45) is 7.05 Å². The third-order valence-electron chi connectivity index (χ3n) is 3.63. The zero-order valence-corrected chi connectivity index (χ0v) is 15.0. The molecule has 0 atom stereocenters. The van der Waals surface area contributed by atoms with Gasteiger partial charge in [0.15, 0.2) is 0 Å². The summed E-state index contributed by atoms with van der Waals surface area (Å²) in [5, 5.41) is 15.5. The van der Waals surface area contributed by atoms with E-state index in [1.165, 1.54) is 18.8 Å². The van der Waals surface area contributed by atoms with E-state index < -0.39 is 17.4 Å². The number of carboxylic acids is 1. The molecule has 0 aliphatic rings. The Bertz CT molecular complexity index is 877. The molecule has 0 fully saturated rings. The summed E-state index contributed by atoms with van der Waals surface area (Å²) in [5.41, 5.74) is 2.23. The van der Waals surface area contributed by atoms with Crippen molar-refractivity contribution < 1.29 is 14.7 Å². The van der Waals surface area contributed by atoms with E-state index in [2.05, 4.69) is 10.4 Å². The van der Waals surface area contributed by atoms with Gasteiger partial charge >= 0.3 is 5.97 Å². The second-order valence-corrected chi connectivity index (χ2v) is 6.54. The number of benzene rings is 1. The fraction of sp³-hybridized carbons (Fsp3) is 0.294. The van der Waals surface area contributed by atoms with Crippen molar-refractivity contribution >= 4 is 29.3 Å². The van der Waals surface area contributed by atoms with E-state index in [-0.39, 0.29) is 11.3 Å². The maximum atomic E-state index is 12.5. The minimum atomic E-state index is -0.867. The van der Waals surface area contributed by atoms with Gasteiger partial charge in [0, 0.05) is 18.5 Å². The standard InChI is InChI=1S/C17H19N3O4S/c1-10-11(2)19-20(3)17(24)15(10)16(23)18-13-6-4-5-12(7-13)8-25-9-14(21)22/h4-7H,8-9H2,1-3H3,(H,18,23)(H,21,22). The van der Waals surface area contributed by atoms with Crippen LogP contribution in [0.3, 0.4) is 0 Å². The first kappa shape index (κ1) is 18.7. The van der Waals surface area contributed by atoms with Crippen LogP contribution in [0.1, 0.15) is 27.2 Å². The summed E-state index contributed by atoms with van der Waals surface area (Å²) in [6.07, 6.45) is 0. The zero-order chi connectivity index (χ0) is 18.6. The van der Waals surface area contributed by atoms with Crippen molar-refractivity contribution in [3.05, 3.63) is 57.0 Å². The quantitative estimate of drug-likeness (QED) is 0.816. The Labute approximate surface area is 149 Å². The van der Waals surface area contributed by atoms with Gasteiger partial charge in [0.1, 0.15) is 5.56 Å². The predicted octanol–water partition coefficient (Wildman–Crippen LogP) is 1.97. The molecule has 25 heavy (non-hydrogen) atoms. The molecule has 132 valence electrons. The van der Waals surface area contributed by atoms with Gasteiger partial charge in [-0.2, -0.15) is 5.10 Å². The van der Waals surface area contributed by atoms with Crippen molar-refractivity contribution in [3.8, 4) is 0 Å². The number of nitrogens with zero attached hydrogens (tertiary/aromatic N) is 2. The lowest BCUT2D eigenvalue weighted by atomic mass is 10.1. The van der Waals surface area contributed by atoms with E-state index >= 15 is 0 Å². The van der Waals surface area contributed by atoms with Crippen molar-refractivity contribution in [1.29, 1.82) is 0 Å². The molecule has 0 bridgehead atoms. The van der Waals surface area contributed by atoms with Crippen LogP contribution in [-0.2, 0) is 17.6 Å². The van der Waals surface area contributed by atoms with Crippen molar-refractivity contribution in [1.82, 2.24) is 9.78 Å². The van der Waals surface area contributed by atoms with Gasteiger partial charge in [-0.15, -0.1) is 11.8 Å². The molecule has 0 spiro atoms. The van der Waals surface area contributed by atoms with E-state index in [1.54, 1.807) is 32.0 Å². The highest BCUT2D eigenvalue weighted by atomic mass is 32.2. The molecule has 7 nitrogen and oxygen atoms in total. The summed E-state index contributed by atoms with van der Waals surface area (Å²) in [6.45, 7) is 3.43. The van der Waals surface area contributed by atoms with Gasteiger partial charge in [-0.05, 0) is 37.1 Å². The van der Waals surface area contributed by atoms with E-state index in [9.17, 15) is 14.4 Å². The fourth-order valence-corrected chi connectivity index (χ4v) is 3.00. The molecule has 0 saturated heterocycles. The minimum Gasteiger partial charge on any atom is -0.481 e. The van der Waals surface area contributed by atoms with Crippen molar-refractivity contribution in [2.45, 2.75) is 19.6 Å². The Balaban J connectivity index is 2.19. The summed E-state index contributed by atoms with van der Waals surface area (Å²) < 4.78 is 1.15. The molecular weight excluding hydrogens is 342 g/mol. The van der Waals surface area contributed by atoms with Gasteiger partial charge in [0.25, 0.3) is 11.5 Å². The SMILES string of the molecule is Cc1nn(C)c(=O)c(C(=O)Nc2cccc(CSCC(=O)O)c2)c1C. The van der Waals surface area contributed by atoms with E-state index in [0.29, 0.717) is 22.7 Å². The smallest absolute Gasteiger partial charge is 0.313 e. The summed E-state index contributed by atoms with van der Waals surface area (Å²) in [6, 6.07) is 7.11. The molecule has 0 aliphatic carbocycles. The highest BCUT2D eigenvalue weighted by molar-refractivity contribution is 7.99. The van der Waals surface area contributed by atoms with E-state index in [0.717, 1.165) is 10.2 Å². The van der Waals surface area contributed by atoms with Crippen LogP contribution in [0.15, 0.2) is 29.1 Å². The summed E-state index contributed by atoms with van der Waals surface area (Å²) in [4.78, 5) is 35.3. The topological polar surface area (TPSA) is 101 Å². The zero-order valence-electron chi connectivity index (χ0n) is 14.2. The number of carbonyl (C=O) groups is 2. The maximum Gasteiger partial charge on any atom is 0.313 e. The molecule has 0 radical (unpaired) electrons. The monoisotopic (exact) mass is 361 g/mol. The highest BCUT2D eigenvalue weighted by Gasteiger charge is 2.18. The van der Waals surface area contributed by atoms with Crippen molar-refractivity contribution in [3.63, 3.8) is 0 Å². The van der Waals surface area contributed by atoms with Crippen LogP contribution in [0, 0.1) is 13.8 Å². The lowest BCUT2D eigenvalue weighted by Crippen LogP contribution is -2.31. The number of carboxylic acid groups (broad SMARTS) is 1. The molecule has 8 heteroatoms. The number of carbonyl (C=O) groups excluding carboxylic acids is 1. The first-order chi connectivity index (χ1) is 11.8. The number of anilines is 1. The number of amides is 1. The minimum absolute atomic E-state index is 0.0160.